The van der Waals surface area contributed by atoms with Gasteiger partial charge in [-0.05, 0) is 43.7 Å². The van der Waals surface area contributed by atoms with Crippen LogP contribution in [-0.2, 0) is 9.53 Å². The summed E-state index contributed by atoms with van der Waals surface area (Å²) in [5.41, 5.74) is 2.01. The van der Waals surface area contributed by atoms with Crippen LogP contribution in [-0.4, -0.2) is 32.7 Å². The van der Waals surface area contributed by atoms with Crippen LogP contribution < -0.4 is 14.8 Å². The van der Waals surface area contributed by atoms with E-state index < -0.39 is 11.9 Å². The highest BCUT2D eigenvalue weighted by Gasteiger charge is 2.17. The minimum atomic E-state index is -0.523. The van der Waals surface area contributed by atoms with E-state index in [1.54, 1.807) is 44.6 Å². The lowest BCUT2D eigenvalue weighted by Gasteiger charge is -2.18. The number of nitrogens with one attached hydrogen (secondary N) is 1. The Morgan fingerprint density at radius 3 is 2.46 bits per heavy atom. The molecule has 0 unspecified atom stereocenters. The average Bonchev–Trinajstić information content (AvgIpc) is 2.65. The molecule has 2 aromatic rings. The van der Waals surface area contributed by atoms with Gasteiger partial charge in [-0.2, -0.15) is 0 Å². The fourth-order valence-electron chi connectivity index (χ4n) is 2.55. The first kappa shape index (κ1) is 19.3. The molecule has 0 saturated heterocycles. The van der Waals surface area contributed by atoms with Crippen LogP contribution in [0.1, 0.15) is 34.5 Å². The smallest absolute Gasteiger partial charge is 0.338 e. The van der Waals surface area contributed by atoms with Crippen LogP contribution in [0.5, 0.6) is 11.5 Å². The third-order valence-corrected chi connectivity index (χ3v) is 3.98. The maximum absolute atomic E-state index is 12.1. The Hall–Kier alpha value is -3.02. The molecule has 0 fully saturated rings. The van der Waals surface area contributed by atoms with E-state index in [4.69, 9.17) is 14.2 Å². The Kier molecular flexibility index (Phi) is 6.60. The van der Waals surface area contributed by atoms with Gasteiger partial charge in [0.25, 0.3) is 5.91 Å². The summed E-state index contributed by atoms with van der Waals surface area (Å²) in [6.45, 7) is 3.27. The molecule has 6 heteroatoms. The predicted molar refractivity (Wildman–Crippen MR) is 97.6 cm³/mol. The third-order valence-electron chi connectivity index (χ3n) is 3.98. The first-order valence-corrected chi connectivity index (χ1v) is 8.20. The lowest BCUT2D eigenvalue weighted by molar-refractivity contribution is -0.124. The van der Waals surface area contributed by atoms with Crippen molar-refractivity contribution in [3.63, 3.8) is 0 Å². The molecule has 6 nitrogen and oxygen atoms in total. The van der Waals surface area contributed by atoms with Crippen molar-refractivity contribution in [1.29, 1.82) is 0 Å². The first-order valence-electron chi connectivity index (χ1n) is 8.20. The minimum Gasteiger partial charge on any atom is -0.497 e. The molecule has 2 rings (SSSR count). The first-order chi connectivity index (χ1) is 12.5. The summed E-state index contributed by atoms with van der Waals surface area (Å²) in [5.74, 6) is 0.373. The van der Waals surface area contributed by atoms with Crippen LogP contribution in [0.15, 0.2) is 42.5 Å². The lowest BCUT2D eigenvalue weighted by atomic mass is 10.1. The van der Waals surface area contributed by atoms with Crippen molar-refractivity contribution in [2.75, 3.05) is 20.8 Å². The van der Waals surface area contributed by atoms with Crippen molar-refractivity contribution in [1.82, 2.24) is 5.32 Å². The highest BCUT2D eigenvalue weighted by molar-refractivity contribution is 5.92. The van der Waals surface area contributed by atoms with E-state index in [1.807, 2.05) is 26.0 Å². The maximum Gasteiger partial charge on any atom is 0.338 e. The van der Waals surface area contributed by atoms with Gasteiger partial charge in [0, 0.05) is 5.56 Å². The van der Waals surface area contributed by atoms with Gasteiger partial charge < -0.3 is 19.5 Å². The van der Waals surface area contributed by atoms with E-state index in [1.165, 1.54) is 0 Å². The highest BCUT2D eigenvalue weighted by atomic mass is 16.5. The molecule has 26 heavy (non-hydrogen) atoms. The summed E-state index contributed by atoms with van der Waals surface area (Å²) in [5, 5.41) is 2.79. The van der Waals surface area contributed by atoms with E-state index in [-0.39, 0.29) is 12.6 Å². The van der Waals surface area contributed by atoms with E-state index in [0.717, 1.165) is 11.1 Å². The van der Waals surface area contributed by atoms with Gasteiger partial charge >= 0.3 is 5.97 Å². The molecule has 0 aliphatic carbocycles. The number of rotatable bonds is 7. The van der Waals surface area contributed by atoms with Crippen LogP contribution in [0.25, 0.3) is 0 Å². The Balaban J connectivity index is 1.97. The molecule has 0 aliphatic rings. The molecular weight excluding hydrogens is 334 g/mol. The third kappa shape index (κ3) is 4.75. The normalized spacial score (nSPS) is 11.4. The fraction of sp³-hybridized carbons (Fsp3) is 0.300. The Morgan fingerprint density at radius 1 is 1.08 bits per heavy atom. The number of methoxy groups -OCH3 is 2. The zero-order valence-electron chi connectivity index (χ0n) is 15.4. The van der Waals surface area contributed by atoms with Gasteiger partial charge in [0.1, 0.15) is 11.5 Å². The van der Waals surface area contributed by atoms with Crippen molar-refractivity contribution in [3.05, 3.63) is 59.2 Å². The summed E-state index contributed by atoms with van der Waals surface area (Å²) in [6.07, 6.45) is 0. The SMILES string of the molecule is COc1ccc(OC)c([C@H](C)NC(=O)COC(=O)c2ccccc2C)c1. The van der Waals surface area contributed by atoms with Crippen LogP contribution in [0.3, 0.4) is 0 Å². The van der Waals surface area contributed by atoms with Gasteiger partial charge in [-0.25, -0.2) is 4.79 Å². The number of ether oxygens (including phenoxy) is 3. The number of benzene rings is 2. The van der Waals surface area contributed by atoms with Crippen LogP contribution in [0.4, 0.5) is 0 Å². The fourth-order valence-corrected chi connectivity index (χ4v) is 2.55. The van der Waals surface area contributed by atoms with Crippen molar-refractivity contribution >= 4 is 11.9 Å². The summed E-state index contributed by atoms with van der Waals surface area (Å²) in [4.78, 5) is 24.2. The minimum absolute atomic E-state index is 0.343. The van der Waals surface area contributed by atoms with Gasteiger partial charge in [0.2, 0.25) is 0 Å². The summed E-state index contributed by atoms with van der Waals surface area (Å²) in [7, 11) is 3.13. The molecule has 0 aromatic heterocycles. The van der Waals surface area contributed by atoms with Gasteiger partial charge in [-0.3, -0.25) is 4.79 Å². The van der Waals surface area contributed by atoms with E-state index in [9.17, 15) is 9.59 Å². The molecular formula is C20H23NO5. The second kappa shape index (κ2) is 8.89. The Morgan fingerprint density at radius 2 is 1.81 bits per heavy atom. The number of esters is 1. The van der Waals surface area contributed by atoms with Crippen molar-refractivity contribution in [3.8, 4) is 11.5 Å². The monoisotopic (exact) mass is 357 g/mol. The summed E-state index contributed by atoms with van der Waals surface area (Å²) >= 11 is 0. The maximum atomic E-state index is 12.1. The molecule has 0 saturated carbocycles. The van der Waals surface area contributed by atoms with Crippen molar-refractivity contribution < 1.29 is 23.8 Å². The quantitative estimate of drug-likeness (QED) is 0.771. The van der Waals surface area contributed by atoms with E-state index >= 15 is 0 Å². The molecule has 138 valence electrons. The molecule has 0 bridgehead atoms. The summed E-state index contributed by atoms with van der Waals surface area (Å²) in [6, 6.07) is 12.1. The van der Waals surface area contributed by atoms with Gasteiger partial charge in [-0.15, -0.1) is 0 Å². The number of hydrogen-bond donors (Lipinski definition) is 1. The lowest BCUT2D eigenvalue weighted by Crippen LogP contribution is -2.31. The van der Waals surface area contributed by atoms with Crippen LogP contribution in [0, 0.1) is 6.92 Å². The number of carbonyl (C=O) groups is 2. The van der Waals surface area contributed by atoms with Crippen molar-refractivity contribution in [2.24, 2.45) is 0 Å². The van der Waals surface area contributed by atoms with Crippen LogP contribution >= 0.6 is 0 Å². The van der Waals surface area contributed by atoms with Crippen molar-refractivity contribution in [2.45, 2.75) is 19.9 Å². The largest absolute Gasteiger partial charge is 0.497 e. The van der Waals surface area contributed by atoms with Gasteiger partial charge in [0.15, 0.2) is 6.61 Å². The molecule has 0 aliphatic heterocycles. The molecule has 2 aromatic carbocycles. The molecule has 1 N–H and O–H groups in total. The van der Waals surface area contributed by atoms with Gasteiger partial charge in [0.05, 0.1) is 25.8 Å². The Labute approximate surface area is 153 Å². The van der Waals surface area contributed by atoms with Crippen LogP contribution in [0.2, 0.25) is 0 Å². The average molecular weight is 357 g/mol. The molecule has 0 radical (unpaired) electrons. The second-order valence-corrected chi connectivity index (χ2v) is 5.79. The molecule has 1 atom stereocenters. The number of amides is 1. The number of aryl methyl sites for hydroxylation is 1. The standard InChI is InChI=1S/C20H23NO5/c1-13-7-5-6-8-16(13)20(23)26-12-19(22)21-14(2)17-11-15(24-3)9-10-18(17)25-4/h5-11,14H,12H2,1-4H3,(H,21,22)/t14-/m0/s1. The highest BCUT2D eigenvalue weighted by Crippen LogP contribution is 2.29. The zero-order valence-corrected chi connectivity index (χ0v) is 15.4. The Bertz CT molecular complexity index is 788. The molecule has 0 spiro atoms. The topological polar surface area (TPSA) is 73.9 Å². The number of carbonyl (C=O) groups excluding carboxylic acids is 2. The predicted octanol–water partition coefficient (Wildman–Crippen LogP) is 3.05. The zero-order chi connectivity index (χ0) is 19.1. The molecule has 1 amide bonds. The summed E-state index contributed by atoms with van der Waals surface area (Å²) < 4.78 is 15.6. The van der Waals surface area contributed by atoms with E-state index in [0.29, 0.717) is 17.1 Å². The number of hydrogen-bond acceptors (Lipinski definition) is 5. The second-order valence-electron chi connectivity index (χ2n) is 5.79. The van der Waals surface area contributed by atoms with Gasteiger partial charge in [-0.1, -0.05) is 18.2 Å². The van der Waals surface area contributed by atoms with E-state index in [2.05, 4.69) is 5.32 Å². The molecule has 0 heterocycles.